The molecular weight excluding hydrogens is 444 g/mol. The van der Waals surface area contributed by atoms with Crippen LogP contribution in [0.2, 0.25) is 0 Å². The number of nitrogens with zero attached hydrogens (tertiary/aromatic N) is 4. The molecule has 1 aromatic carbocycles. The highest BCUT2D eigenvalue weighted by molar-refractivity contribution is 6.06. The Hall–Kier alpha value is -3.66. The first-order valence-electron chi connectivity index (χ1n) is 12.4. The number of hydrogen-bond donors (Lipinski definition) is 4. The van der Waals surface area contributed by atoms with Crippen molar-refractivity contribution in [2.24, 2.45) is 0 Å². The summed E-state index contributed by atoms with van der Waals surface area (Å²) in [5.41, 5.74) is 2.72. The fourth-order valence-corrected chi connectivity index (χ4v) is 4.57. The lowest BCUT2D eigenvalue weighted by atomic mass is 10.1. The normalized spacial score (nSPS) is 17.0. The number of anilines is 4. The molecule has 4 N–H and O–H groups in total. The van der Waals surface area contributed by atoms with E-state index in [9.17, 15) is 4.79 Å². The van der Waals surface area contributed by atoms with Crippen LogP contribution in [0.1, 0.15) is 49.0 Å². The van der Waals surface area contributed by atoms with Crippen LogP contribution >= 0.6 is 0 Å². The van der Waals surface area contributed by atoms with Gasteiger partial charge in [-0.2, -0.15) is 5.10 Å². The van der Waals surface area contributed by atoms with Crippen molar-refractivity contribution in [2.75, 3.05) is 41.7 Å². The lowest BCUT2D eigenvalue weighted by Crippen LogP contribution is -2.43. The largest absolute Gasteiger partial charge is 0.474 e. The highest BCUT2D eigenvalue weighted by Crippen LogP contribution is 2.25. The third-order valence-electron chi connectivity index (χ3n) is 6.47. The fourth-order valence-electron chi connectivity index (χ4n) is 4.57. The lowest BCUT2D eigenvalue weighted by molar-refractivity contribution is 0.102. The molecule has 1 aliphatic carbocycles. The topological polar surface area (TPSA) is 120 Å². The van der Waals surface area contributed by atoms with Crippen molar-refractivity contribution in [2.45, 2.75) is 44.6 Å². The van der Waals surface area contributed by atoms with Crippen LogP contribution in [0.15, 0.2) is 42.9 Å². The Labute approximate surface area is 204 Å². The van der Waals surface area contributed by atoms with Crippen molar-refractivity contribution in [3.05, 3.63) is 48.5 Å². The highest BCUT2D eigenvalue weighted by Gasteiger charge is 2.18. The zero-order chi connectivity index (χ0) is 23.9. The van der Waals surface area contributed by atoms with Crippen LogP contribution < -0.4 is 25.6 Å². The van der Waals surface area contributed by atoms with Gasteiger partial charge < -0.3 is 25.6 Å². The molecule has 10 nitrogen and oxygen atoms in total. The predicted octanol–water partition coefficient (Wildman–Crippen LogP) is 3.71. The van der Waals surface area contributed by atoms with Crippen molar-refractivity contribution in [3.8, 4) is 5.88 Å². The van der Waals surface area contributed by atoms with Gasteiger partial charge in [-0.25, -0.2) is 9.97 Å². The van der Waals surface area contributed by atoms with Gasteiger partial charge in [0.1, 0.15) is 23.9 Å². The van der Waals surface area contributed by atoms with E-state index in [1.54, 1.807) is 12.3 Å². The van der Waals surface area contributed by atoms with Crippen LogP contribution in [0.25, 0.3) is 0 Å². The fraction of sp³-hybridized carbons (Fsp3) is 0.440. The summed E-state index contributed by atoms with van der Waals surface area (Å²) >= 11 is 0. The molecule has 1 aliphatic heterocycles. The third-order valence-corrected chi connectivity index (χ3v) is 6.47. The van der Waals surface area contributed by atoms with Gasteiger partial charge in [-0.15, -0.1) is 0 Å². The number of H-pyrrole nitrogens is 1. The van der Waals surface area contributed by atoms with Crippen LogP contribution in [0.5, 0.6) is 5.88 Å². The van der Waals surface area contributed by atoms with E-state index in [4.69, 9.17) is 4.74 Å². The molecule has 184 valence electrons. The van der Waals surface area contributed by atoms with Crippen molar-refractivity contribution >= 4 is 28.8 Å². The van der Waals surface area contributed by atoms with E-state index in [2.05, 4.69) is 41.0 Å². The van der Waals surface area contributed by atoms with Crippen molar-refractivity contribution in [3.63, 3.8) is 0 Å². The molecule has 3 heterocycles. The number of aromatic nitrogens is 4. The Balaban J connectivity index is 1.21. The average molecular weight is 477 g/mol. The molecule has 5 rings (SSSR count). The van der Waals surface area contributed by atoms with Gasteiger partial charge in [-0.1, -0.05) is 12.8 Å². The number of rotatable bonds is 7. The maximum Gasteiger partial charge on any atom is 0.275 e. The Bertz CT molecular complexity index is 1100. The lowest BCUT2D eigenvalue weighted by Gasteiger charge is -2.29. The molecule has 2 fully saturated rings. The van der Waals surface area contributed by atoms with E-state index < -0.39 is 0 Å². The predicted molar refractivity (Wildman–Crippen MR) is 135 cm³/mol. The van der Waals surface area contributed by atoms with Crippen LogP contribution in [0.3, 0.4) is 0 Å². The van der Waals surface area contributed by atoms with E-state index >= 15 is 0 Å². The molecule has 2 aromatic heterocycles. The van der Waals surface area contributed by atoms with Crippen molar-refractivity contribution < 1.29 is 9.53 Å². The van der Waals surface area contributed by atoms with Gasteiger partial charge in [0.15, 0.2) is 0 Å². The molecular formula is C25H32N8O2. The second-order valence-corrected chi connectivity index (χ2v) is 8.99. The molecule has 1 amide bonds. The standard InChI is InChI=1S/C25H32N8O2/c34-25(30-18-7-9-19(10-8-18)33-13-11-26-12-14-33)24-21(16-29-32-24)31-22-15-23(28-17-27-22)35-20-5-3-1-2-4-6-20/h7-10,15-17,20,26H,1-6,11-14H2,(H,29,32)(H,30,34)(H,27,28,31). The first kappa shape index (κ1) is 23.1. The van der Waals surface area contributed by atoms with Crippen LogP contribution in [0.4, 0.5) is 22.9 Å². The zero-order valence-electron chi connectivity index (χ0n) is 19.8. The molecule has 0 radical (unpaired) electrons. The Kier molecular flexibility index (Phi) is 7.38. The summed E-state index contributed by atoms with van der Waals surface area (Å²) in [7, 11) is 0. The molecule has 0 unspecified atom stereocenters. The third kappa shape index (κ3) is 6.07. The number of amides is 1. The number of ether oxygens (including phenoxy) is 1. The smallest absolute Gasteiger partial charge is 0.275 e. The van der Waals surface area contributed by atoms with Crippen LogP contribution in [0, 0.1) is 0 Å². The SMILES string of the molecule is O=C(Nc1ccc(N2CCNCC2)cc1)c1[nH]ncc1Nc1cc(OC2CCCCCC2)ncn1. The van der Waals surface area contributed by atoms with Gasteiger partial charge in [0.2, 0.25) is 5.88 Å². The van der Waals surface area contributed by atoms with Gasteiger partial charge in [-0.05, 0) is 49.9 Å². The van der Waals surface area contributed by atoms with Gasteiger partial charge in [0.05, 0.1) is 11.9 Å². The van der Waals surface area contributed by atoms with Gasteiger partial charge in [0, 0.05) is 43.6 Å². The van der Waals surface area contributed by atoms with Crippen molar-refractivity contribution in [1.82, 2.24) is 25.5 Å². The molecule has 3 aromatic rings. The van der Waals surface area contributed by atoms with E-state index in [1.165, 1.54) is 32.0 Å². The summed E-state index contributed by atoms with van der Waals surface area (Å²) in [5.74, 6) is 0.789. The second-order valence-electron chi connectivity index (χ2n) is 8.99. The monoisotopic (exact) mass is 476 g/mol. The number of hydrogen-bond acceptors (Lipinski definition) is 8. The summed E-state index contributed by atoms with van der Waals surface area (Å²) in [6.45, 7) is 3.92. The highest BCUT2D eigenvalue weighted by atomic mass is 16.5. The number of piperazine rings is 1. The summed E-state index contributed by atoms with van der Waals surface area (Å²) in [6.07, 6.45) is 10.2. The number of aromatic amines is 1. The van der Waals surface area contributed by atoms with Crippen LogP contribution in [-0.4, -0.2) is 58.4 Å². The van der Waals surface area contributed by atoms with Crippen molar-refractivity contribution in [1.29, 1.82) is 0 Å². The number of benzene rings is 1. The van der Waals surface area contributed by atoms with Crippen LogP contribution in [-0.2, 0) is 0 Å². The second kappa shape index (κ2) is 11.2. The van der Waals surface area contributed by atoms with E-state index in [1.807, 2.05) is 24.3 Å². The Morgan fingerprint density at radius 2 is 1.80 bits per heavy atom. The number of carbonyl (C=O) groups is 1. The van der Waals surface area contributed by atoms with E-state index in [0.29, 0.717) is 23.1 Å². The molecule has 10 heteroatoms. The minimum atomic E-state index is -0.288. The van der Waals surface area contributed by atoms with Gasteiger partial charge in [0.25, 0.3) is 5.91 Å². The number of nitrogens with one attached hydrogen (secondary N) is 4. The maximum atomic E-state index is 12.9. The van der Waals surface area contributed by atoms with E-state index in [-0.39, 0.29) is 12.0 Å². The van der Waals surface area contributed by atoms with E-state index in [0.717, 1.165) is 50.4 Å². The summed E-state index contributed by atoms with van der Waals surface area (Å²) < 4.78 is 6.10. The average Bonchev–Trinajstić information content (AvgIpc) is 3.20. The Morgan fingerprint density at radius 3 is 2.57 bits per heavy atom. The Morgan fingerprint density at radius 1 is 1.03 bits per heavy atom. The van der Waals surface area contributed by atoms with Gasteiger partial charge in [-0.3, -0.25) is 9.89 Å². The first-order valence-corrected chi connectivity index (χ1v) is 12.4. The first-order chi connectivity index (χ1) is 17.2. The molecule has 0 atom stereocenters. The molecule has 1 saturated carbocycles. The summed E-state index contributed by atoms with van der Waals surface area (Å²) in [5, 5.41) is 16.3. The molecule has 35 heavy (non-hydrogen) atoms. The maximum absolute atomic E-state index is 12.9. The summed E-state index contributed by atoms with van der Waals surface area (Å²) in [6, 6.07) is 9.66. The van der Waals surface area contributed by atoms with Gasteiger partial charge >= 0.3 is 0 Å². The minimum Gasteiger partial charge on any atom is -0.474 e. The quantitative estimate of drug-likeness (QED) is 0.381. The zero-order valence-corrected chi connectivity index (χ0v) is 19.8. The molecule has 1 saturated heterocycles. The molecule has 0 bridgehead atoms. The molecule has 0 spiro atoms. The molecule has 2 aliphatic rings. The number of carbonyl (C=O) groups excluding carboxylic acids is 1. The minimum absolute atomic E-state index is 0.188. The summed E-state index contributed by atoms with van der Waals surface area (Å²) in [4.78, 5) is 23.8.